The van der Waals surface area contributed by atoms with Crippen LogP contribution in [0, 0.1) is 5.82 Å². The lowest BCUT2D eigenvalue weighted by molar-refractivity contribution is 0.00578. The number of nitrogens with zero attached hydrogens (tertiary/aromatic N) is 1. The number of fused-ring (bicyclic) bond motifs is 1. The second-order valence-corrected chi connectivity index (χ2v) is 6.60. The minimum atomic E-state index is -0.478. The smallest absolute Gasteiger partial charge is 0.399 e. The van der Waals surface area contributed by atoms with Crippen molar-refractivity contribution in [1.29, 1.82) is 0 Å². The predicted octanol–water partition coefficient (Wildman–Crippen LogP) is 2.73. The molecule has 3 nitrogen and oxygen atoms in total. The highest BCUT2D eigenvalue weighted by Gasteiger charge is 2.52. The molecular weight excluding hydrogens is 264 g/mol. The Hall–Kier alpha value is -0.975. The molecule has 1 aromatic heterocycles. The van der Waals surface area contributed by atoms with Crippen molar-refractivity contribution in [3.8, 4) is 0 Å². The monoisotopic (exact) mass is 279 g/mol. The molecule has 0 bridgehead atoms. The van der Waals surface area contributed by atoms with Gasteiger partial charge in [0.1, 0.15) is 5.82 Å². The fraction of sp³-hybridized carbons (Fsp3) is 0.462. The van der Waals surface area contributed by atoms with Crippen LogP contribution in [0.4, 0.5) is 4.39 Å². The Balaban J connectivity index is 2.08. The molecule has 1 aliphatic rings. The summed E-state index contributed by atoms with van der Waals surface area (Å²) in [6.45, 7) is 8.00. The van der Waals surface area contributed by atoms with E-state index in [-0.39, 0.29) is 5.82 Å². The van der Waals surface area contributed by atoms with Gasteiger partial charge in [0, 0.05) is 10.8 Å². The van der Waals surface area contributed by atoms with Crippen LogP contribution in [0.1, 0.15) is 27.7 Å². The summed E-state index contributed by atoms with van der Waals surface area (Å²) < 4.78 is 30.5. The standard InChI is InChI=1S/C13H15BFNO2S/c1-12(2)13(3,4)18-14(17-12)9-5-6-10(15)8-7-16-19-11(8)9/h5-7H,1-4H3. The van der Waals surface area contributed by atoms with Crippen LogP contribution in [-0.2, 0) is 9.31 Å². The van der Waals surface area contributed by atoms with E-state index >= 15 is 0 Å². The number of hydrogen-bond acceptors (Lipinski definition) is 4. The minimum absolute atomic E-state index is 0.260. The minimum Gasteiger partial charge on any atom is -0.399 e. The summed E-state index contributed by atoms with van der Waals surface area (Å²) in [7, 11) is -0.478. The van der Waals surface area contributed by atoms with E-state index < -0.39 is 18.3 Å². The van der Waals surface area contributed by atoms with Gasteiger partial charge < -0.3 is 9.31 Å². The van der Waals surface area contributed by atoms with Crippen molar-refractivity contribution in [3.05, 3.63) is 24.1 Å². The molecule has 0 aliphatic carbocycles. The van der Waals surface area contributed by atoms with Crippen LogP contribution in [0.15, 0.2) is 18.3 Å². The van der Waals surface area contributed by atoms with Crippen molar-refractivity contribution in [2.75, 3.05) is 0 Å². The summed E-state index contributed by atoms with van der Waals surface area (Å²) in [6, 6.07) is 3.16. The Kier molecular flexibility index (Phi) is 2.75. The van der Waals surface area contributed by atoms with Crippen LogP contribution < -0.4 is 5.46 Å². The Morgan fingerprint density at radius 1 is 1.16 bits per heavy atom. The zero-order valence-corrected chi connectivity index (χ0v) is 12.2. The fourth-order valence-corrected chi connectivity index (χ4v) is 2.88. The van der Waals surface area contributed by atoms with Crippen molar-refractivity contribution in [2.24, 2.45) is 0 Å². The quantitative estimate of drug-likeness (QED) is 0.752. The number of aromatic nitrogens is 1. The van der Waals surface area contributed by atoms with Crippen molar-refractivity contribution < 1.29 is 13.7 Å². The predicted molar refractivity (Wildman–Crippen MR) is 75.3 cm³/mol. The first-order valence-electron chi connectivity index (χ1n) is 6.20. The van der Waals surface area contributed by atoms with Crippen molar-refractivity contribution in [1.82, 2.24) is 4.37 Å². The maximum Gasteiger partial charge on any atom is 0.496 e. The zero-order valence-electron chi connectivity index (χ0n) is 11.4. The molecule has 1 aromatic carbocycles. The summed E-state index contributed by atoms with van der Waals surface area (Å²) in [5.41, 5.74) is 0.0455. The molecule has 0 unspecified atom stereocenters. The molecule has 2 heterocycles. The van der Waals surface area contributed by atoms with Crippen LogP contribution in [-0.4, -0.2) is 22.7 Å². The van der Waals surface area contributed by atoms with E-state index in [1.165, 1.54) is 17.6 Å². The molecular formula is C13H15BFNO2S. The molecule has 19 heavy (non-hydrogen) atoms. The maximum atomic E-state index is 13.7. The van der Waals surface area contributed by atoms with E-state index in [2.05, 4.69) is 4.37 Å². The molecule has 3 rings (SSSR count). The van der Waals surface area contributed by atoms with E-state index in [0.29, 0.717) is 5.39 Å². The molecule has 0 N–H and O–H groups in total. The third-order valence-electron chi connectivity index (χ3n) is 4.01. The summed E-state index contributed by atoms with van der Waals surface area (Å²) in [6.07, 6.45) is 1.55. The fourth-order valence-electron chi connectivity index (χ4n) is 2.10. The Morgan fingerprint density at radius 3 is 2.42 bits per heavy atom. The van der Waals surface area contributed by atoms with E-state index in [1.807, 2.05) is 27.7 Å². The van der Waals surface area contributed by atoms with Crippen molar-refractivity contribution in [3.63, 3.8) is 0 Å². The molecule has 1 fully saturated rings. The zero-order chi connectivity index (χ0) is 13.8. The van der Waals surface area contributed by atoms with Crippen LogP contribution in [0.2, 0.25) is 0 Å². The van der Waals surface area contributed by atoms with Gasteiger partial charge in [0.15, 0.2) is 0 Å². The summed E-state index contributed by atoms with van der Waals surface area (Å²) in [5.74, 6) is -0.260. The van der Waals surface area contributed by atoms with E-state index in [9.17, 15) is 4.39 Å². The van der Waals surface area contributed by atoms with Crippen LogP contribution in [0.25, 0.3) is 10.1 Å². The lowest BCUT2D eigenvalue weighted by Crippen LogP contribution is -2.41. The molecule has 0 saturated carbocycles. The molecule has 0 atom stereocenters. The second kappa shape index (κ2) is 4.01. The second-order valence-electron chi connectivity index (χ2n) is 5.79. The van der Waals surface area contributed by atoms with Crippen LogP contribution in [0.3, 0.4) is 0 Å². The van der Waals surface area contributed by atoms with Gasteiger partial charge in [-0.2, -0.15) is 4.37 Å². The van der Waals surface area contributed by atoms with Crippen molar-refractivity contribution in [2.45, 2.75) is 38.9 Å². The van der Waals surface area contributed by atoms with Gasteiger partial charge in [-0.15, -0.1) is 0 Å². The lowest BCUT2D eigenvalue weighted by Gasteiger charge is -2.32. The third kappa shape index (κ3) is 1.90. The van der Waals surface area contributed by atoms with Gasteiger partial charge in [0.2, 0.25) is 0 Å². The highest BCUT2D eigenvalue weighted by Crippen LogP contribution is 2.37. The summed E-state index contributed by atoms with van der Waals surface area (Å²) in [4.78, 5) is 0. The lowest BCUT2D eigenvalue weighted by atomic mass is 9.78. The average Bonchev–Trinajstić information content (AvgIpc) is 2.84. The van der Waals surface area contributed by atoms with Gasteiger partial charge in [0.05, 0.1) is 22.1 Å². The normalized spacial score (nSPS) is 21.2. The maximum absolute atomic E-state index is 13.7. The van der Waals surface area contributed by atoms with Gasteiger partial charge in [0.25, 0.3) is 0 Å². The molecule has 1 saturated heterocycles. The summed E-state index contributed by atoms with van der Waals surface area (Å²) in [5, 5.41) is 0.525. The molecule has 0 radical (unpaired) electrons. The topological polar surface area (TPSA) is 31.4 Å². The first kappa shape index (κ1) is 13.0. The number of hydrogen-bond donors (Lipinski definition) is 0. The van der Waals surface area contributed by atoms with Gasteiger partial charge in [-0.05, 0) is 45.3 Å². The first-order valence-corrected chi connectivity index (χ1v) is 6.97. The largest absolute Gasteiger partial charge is 0.496 e. The molecule has 1 aliphatic heterocycles. The van der Waals surface area contributed by atoms with E-state index in [1.54, 1.807) is 12.3 Å². The first-order chi connectivity index (χ1) is 8.82. The molecule has 6 heteroatoms. The van der Waals surface area contributed by atoms with E-state index in [4.69, 9.17) is 9.31 Å². The average molecular weight is 279 g/mol. The number of benzene rings is 1. The number of rotatable bonds is 1. The molecule has 100 valence electrons. The Labute approximate surface area is 116 Å². The highest BCUT2D eigenvalue weighted by molar-refractivity contribution is 7.15. The third-order valence-corrected chi connectivity index (χ3v) is 4.86. The van der Waals surface area contributed by atoms with Crippen LogP contribution in [0.5, 0.6) is 0 Å². The van der Waals surface area contributed by atoms with E-state index in [0.717, 1.165) is 10.2 Å². The molecule has 2 aromatic rings. The summed E-state index contributed by atoms with van der Waals surface area (Å²) >= 11 is 1.27. The Morgan fingerprint density at radius 2 is 1.79 bits per heavy atom. The van der Waals surface area contributed by atoms with Gasteiger partial charge in [-0.25, -0.2) is 4.39 Å². The molecule has 0 amide bonds. The van der Waals surface area contributed by atoms with Gasteiger partial charge in [-0.1, -0.05) is 6.07 Å². The highest BCUT2D eigenvalue weighted by atomic mass is 32.1. The number of halogens is 1. The van der Waals surface area contributed by atoms with Gasteiger partial charge >= 0.3 is 7.12 Å². The van der Waals surface area contributed by atoms with Crippen LogP contribution >= 0.6 is 11.5 Å². The SMILES string of the molecule is CC1(C)OB(c2ccc(F)c3cnsc23)OC1(C)C. The Bertz CT molecular complexity index is 625. The van der Waals surface area contributed by atoms with Crippen molar-refractivity contribution >= 4 is 34.2 Å². The molecule has 0 spiro atoms. The van der Waals surface area contributed by atoms with Gasteiger partial charge in [-0.3, -0.25) is 0 Å².